The predicted molar refractivity (Wildman–Crippen MR) is 82.4 cm³/mol. The first-order valence-electron chi connectivity index (χ1n) is 6.62. The highest BCUT2D eigenvalue weighted by molar-refractivity contribution is 6.30. The third-order valence-electron chi connectivity index (χ3n) is 3.38. The van der Waals surface area contributed by atoms with E-state index >= 15 is 0 Å². The zero-order valence-electron chi connectivity index (χ0n) is 10.9. The Hall–Kier alpha value is -2.00. The van der Waals surface area contributed by atoms with Gasteiger partial charge in [-0.1, -0.05) is 23.7 Å². The molecule has 0 saturated heterocycles. The molecule has 2 aromatic carbocycles. The van der Waals surface area contributed by atoms with Crippen molar-refractivity contribution in [2.75, 3.05) is 17.2 Å². The van der Waals surface area contributed by atoms with Crippen molar-refractivity contribution in [3.8, 4) is 0 Å². The van der Waals surface area contributed by atoms with E-state index in [4.69, 9.17) is 11.6 Å². The molecule has 0 unspecified atom stereocenters. The second-order valence-corrected chi connectivity index (χ2v) is 5.34. The van der Waals surface area contributed by atoms with Gasteiger partial charge in [-0.15, -0.1) is 0 Å². The molecular weight excluding hydrogens is 272 g/mol. The average molecular weight is 287 g/mol. The third kappa shape index (κ3) is 2.94. The molecule has 1 amide bonds. The summed E-state index contributed by atoms with van der Waals surface area (Å²) in [6.45, 7) is 0.970. The summed E-state index contributed by atoms with van der Waals surface area (Å²) in [6, 6.07) is 13.3. The van der Waals surface area contributed by atoms with E-state index in [1.807, 2.05) is 30.3 Å². The molecule has 0 saturated carbocycles. The van der Waals surface area contributed by atoms with Crippen molar-refractivity contribution in [3.05, 3.63) is 58.6 Å². The van der Waals surface area contributed by atoms with Crippen molar-refractivity contribution >= 4 is 28.9 Å². The van der Waals surface area contributed by atoms with Crippen LogP contribution >= 0.6 is 11.6 Å². The first-order valence-corrected chi connectivity index (χ1v) is 6.99. The van der Waals surface area contributed by atoms with E-state index in [0.717, 1.165) is 24.2 Å². The topological polar surface area (TPSA) is 41.1 Å². The minimum Gasteiger partial charge on any atom is -0.384 e. The monoisotopic (exact) mass is 286 g/mol. The van der Waals surface area contributed by atoms with Crippen LogP contribution < -0.4 is 10.6 Å². The van der Waals surface area contributed by atoms with Crippen LogP contribution in [-0.2, 0) is 17.6 Å². The second kappa shape index (κ2) is 5.55. The van der Waals surface area contributed by atoms with Crippen LogP contribution in [0, 0.1) is 0 Å². The Bertz CT molecular complexity index is 637. The van der Waals surface area contributed by atoms with Gasteiger partial charge in [0.2, 0.25) is 5.91 Å². The van der Waals surface area contributed by atoms with Crippen LogP contribution in [0.1, 0.15) is 11.1 Å². The number of hydrogen-bond donors (Lipinski definition) is 2. The van der Waals surface area contributed by atoms with Gasteiger partial charge in [0.1, 0.15) is 0 Å². The molecule has 0 fully saturated rings. The third-order valence-corrected chi connectivity index (χ3v) is 3.63. The van der Waals surface area contributed by atoms with Crippen molar-refractivity contribution in [2.24, 2.45) is 0 Å². The van der Waals surface area contributed by atoms with Crippen LogP contribution in [0.2, 0.25) is 5.02 Å². The van der Waals surface area contributed by atoms with Gasteiger partial charge < -0.3 is 10.6 Å². The molecule has 3 rings (SSSR count). The number of benzene rings is 2. The first kappa shape index (κ1) is 13.0. The Balaban J connectivity index is 1.65. The Morgan fingerprint density at radius 3 is 2.80 bits per heavy atom. The van der Waals surface area contributed by atoms with Gasteiger partial charge in [-0.05, 0) is 47.9 Å². The normalized spacial score (nSPS) is 12.7. The Morgan fingerprint density at radius 1 is 1.20 bits per heavy atom. The zero-order valence-corrected chi connectivity index (χ0v) is 11.7. The molecule has 0 spiro atoms. The van der Waals surface area contributed by atoms with Crippen molar-refractivity contribution < 1.29 is 4.79 Å². The molecule has 0 atom stereocenters. The van der Waals surface area contributed by atoms with Crippen LogP contribution in [0.25, 0.3) is 0 Å². The summed E-state index contributed by atoms with van der Waals surface area (Å²) >= 11 is 5.83. The lowest BCUT2D eigenvalue weighted by molar-refractivity contribution is -0.115. The number of halogens is 1. The predicted octanol–water partition coefficient (Wildman–Crippen LogP) is 3.49. The van der Waals surface area contributed by atoms with E-state index in [0.29, 0.717) is 11.4 Å². The minimum absolute atomic E-state index is 0.0155. The van der Waals surface area contributed by atoms with Crippen LogP contribution in [0.4, 0.5) is 11.4 Å². The van der Waals surface area contributed by atoms with Gasteiger partial charge in [-0.3, -0.25) is 4.79 Å². The molecule has 1 aliphatic rings. The second-order valence-electron chi connectivity index (χ2n) is 4.90. The summed E-state index contributed by atoms with van der Waals surface area (Å²) in [7, 11) is 0. The van der Waals surface area contributed by atoms with Gasteiger partial charge in [0, 0.05) is 22.9 Å². The van der Waals surface area contributed by atoms with Crippen LogP contribution in [0.3, 0.4) is 0 Å². The fourth-order valence-electron chi connectivity index (χ4n) is 2.38. The minimum atomic E-state index is -0.0155. The standard InChI is InChI=1S/C16H15ClN2O/c17-13-3-1-11(2-4-13)9-16(20)19-14-5-6-15-12(10-14)7-8-18-15/h1-6,10,18H,7-9H2,(H,19,20). The molecular formula is C16H15ClN2O. The maximum Gasteiger partial charge on any atom is 0.228 e. The summed E-state index contributed by atoms with van der Waals surface area (Å²) in [4.78, 5) is 12.0. The quantitative estimate of drug-likeness (QED) is 0.907. The number of nitrogens with one attached hydrogen (secondary N) is 2. The molecule has 3 nitrogen and oxygen atoms in total. The molecule has 2 N–H and O–H groups in total. The number of hydrogen-bond acceptors (Lipinski definition) is 2. The van der Waals surface area contributed by atoms with E-state index < -0.39 is 0 Å². The SMILES string of the molecule is O=C(Cc1ccc(Cl)cc1)Nc1ccc2c(c1)CCN2. The molecule has 0 aromatic heterocycles. The Morgan fingerprint density at radius 2 is 2.00 bits per heavy atom. The van der Waals surface area contributed by atoms with Crippen LogP contribution in [0.15, 0.2) is 42.5 Å². The van der Waals surface area contributed by atoms with E-state index in [1.54, 1.807) is 12.1 Å². The fourth-order valence-corrected chi connectivity index (χ4v) is 2.50. The van der Waals surface area contributed by atoms with Crippen molar-refractivity contribution in [1.29, 1.82) is 0 Å². The number of fused-ring (bicyclic) bond motifs is 1. The van der Waals surface area contributed by atoms with Crippen LogP contribution in [-0.4, -0.2) is 12.5 Å². The molecule has 1 aliphatic heterocycles. The van der Waals surface area contributed by atoms with Crippen molar-refractivity contribution in [3.63, 3.8) is 0 Å². The zero-order chi connectivity index (χ0) is 13.9. The lowest BCUT2D eigenvalue weighted by atomic mass is 10.1. The van der Waals surface area contributed by atoms with E-state index in [-0.39, 0.29) is 5.91 Å². The van der Waals surface area contributed by atoms with Gasteiger partial charge >= 0.3 is 0 Å². The maximum absolute atomic E-state index is 12.0. The largest absolute Gasteiger partial charge is 0.384 e. The summed E-state index contributed by atoms with van der Waals surface area (Å²) in [5, 5.41) is 6.92. The highest BCUT2D eigenvalue weighted by Gasteiger charge is 2.11. The summed E-state index contributed by atoms with van der Waals surface area (Å²) in [5.74, 6) is -0.0155. The van der Waals surface area contributed by atoms with Crippen molar-refractivity contribution in [2.45, 2.75) is 12.8 Å². The first-order chi connectivity index (χ1) is 9.70. The number of carbonyl (C=O) groups excluding carboxylic acids is 1. The van der Waals surface area contributed by atoms with Gasteiger partial charge in [0.25, 0.3) is 0 Å². The molecule has 102 valence electrons. The number of rotatable bonds is 3. The summed E-state index contributed by atoms with van der Waals surface area (Å²) in [5.41, 5.74) is 4.23. The molecule has 0 bridgehead atoms. The van der Waals surface area contributed by atoms with Crippen molar-refractivity contribution in [1.82, 2.24) is 0 Å². The lowest BCUT2D eigenvalue weighted by Gasteiger charge is -2.07. The summed E-state index contributed by atoms with van der Waals surface area (Å²) < 4.78 is 0. The van der Waals surface area contributed by atoms with Gasteiger partial charge in [0.15, 0.2) is 0 Å². The highest BCUT2D eigenvalue weighted by atomic mass is 35.5. The maximum atomic E-state index is 12.0. The van der Waals surface area contributed by atoms with E-state index in [1.165, 1.54) is 11.3 Å². The number of carbonyl (C=O) groups is 1. The summed E-state index contributed by atoms with van der Waals surface area (Å²) in [6.07, 6.45) is 1.36. The number of amides is 1. The molecule has 20 heavy (non-hydrogen) atoms. The van der Waals surface area contributed by atoms with Gasteiger partial charge in [-0.25, -0.2) is 0 Å². The molecule has 0 radical (unpaired) electrons. The smallest absolute Gasteiger partial charge is 0.228 e. The molecule has 1 heterocycles. The average Bonchev–Trinajstić information content (AvgIpc) is 2.89. The fraction of sp³-hybridized carbons (Fsp3) is 0.188. The molecule has 2 aromatic rings. The van der Waals surface area contributed by atoms with Gasteiger partial charge in [0.05, 0.1) is 6.42 Å². The highest BCUT2D eigenvalue weighted by Crippen LogP contribution is 2.25. The molecule has 4 heteroatoms. The lowest BCUT2D eigenvalue weighted by Crippen LogP contribution is -2.14. The van der Waals surface area contributed by atoms with E-state index in [9.17, 15) is 4.79 Å². The van der Waals surface area contributed by atoms with E-state index in [2.05, 4.69) is 10.6 Å². The number of anilines is 2. The molecule has 0 aliphatic carbocycles. The Kier molecular flexibility index (Phi) is 3.61. The van der Waals surface area contributed by atoms with Gasteiger partial charge in [-0.2, -0.15) is 0 Å². The van der Waals surface area contributed by atoms with Crippen LogP contribution in [0.5, 0.6) is 0 Å². The Labute approximate surface area is 123 Å².